The van der Waals surface area contributed by atoms with Crippen LogP contribution in [-0.2, 0) is 0 Å². The molecule has 0 aliphatic carbocycles. The van der Waals surface area contributed by atoms with Crippen LogP contribution < -0.4 is 5.56 Å². The highest BCUT2D eigenvalue weighted by Crippen LogP contribution is 2.34. The predicted octanol–water partition coefficient (Wildman–Crippen LogP) is 3.57. The third kappa shape index (κ3) is 2.35. The molecule has 2 rings (SSSR count). The fourth-order valence-electron chi connectivity index (χ4n) is 1.59. The van der Waals surface area contributed by atoms with Crippen LogP contribution in [0.1, 0.15) is 19.9 Å². The summed E-state index contributed by atoms with van der Waals surface area (Å²) in [5.41, 5.74) is -0.161. The van der Waals surface area contributed by atoms with Crippen LogP contribution in [0.25, 0.3) is 10.9 Å². The molecule has 0 bridgehead atoms. The Balaban J connectivity index is 0.00000162. The summed E-state index contributed by atoms with van der Waals surface area (Å²) < 4.78 is 1.45. The molecular weight excluding hydrogens is 343 g/mol. The zero-order valence-corrected chi connectivity index (χ0v) is 12.9. The van der Waals surface area contributed by atoms with Crippen molar-refractivity contribution in [1.82, 2.24) is 9.55 Å². The van der Waals surface area contributed by atoms with Crippen LogP contribution in [0.4, 0.5) is 0 Å². The molecule has 98 valence electrons. The maximum absolute atomic E-state index is 12.1. The fraction of sp³-hybridized carbons (Fsp3) is 0.273. The van der Waals surface area contributed by atoms with Gasteiger partial charge in [-0.3, -0.25) is 9.36 Å². The third-order valence-electron chi connectivity index (χ3n) is 2.50. The molecule has 0 fully saturated rings. The molecule has 1 aromatic carbocycles. The first-order valence-corrected chi connectivity index (χ1v) is 5.77. The van der Waals surface area contributed by atoms with Crippen molar-refractivity contribution < 1.29 is 5.11 Å². The van der Waals surface area contributed by atoms with Crippen LogP contribution >= 0.6 is 40.2 Å². The molecule has 1 aromatic heterocycles. The quantitative estimate of drug-likeness (QED) is 0.852. The monoisotopic (exact) mass is 352 g/mol. The molecule has 0 amide bonds. The van der Waals surface area contributed by atoms with Crippen molar-refractivity contribution in [2.24, 2.45) is 0 Å². The highest BCUT2D eigenvalue weighted by molar-refractivity contribution is 8.93. The SMILES string of the molecule is Br.CC(C)n1cnc2c(O)c(Cl)cc(Cl)c2c1=O. The molecular formula is C11H11BrCl2N2O2. The van der Waals surface area contributed by atoms with Crippen LogP contribution in [0.15, 0.2) is 17.2 Å². The van der Waals surface area contributed by atoms with E-state index in [0.29, 0.717) is 0 Å². The number of aromatic nitrogens is 2. The molecule has 0 aliphatic heterocycles. The zero-order valence-electron chi connectivity index (χ0n) is 9.65. The second kappa shape index (κ2) is 5.47. The number of aromatic hydroxyl groups is 1. The van der Waals surface area contributed by atoms with Crippen LogP contribution in [0, 0.1) is 0 Å². The molecule has 0 saturated carbocycles. The van der Waals surface area contributed by atoms with Gasteiger partial charge in [-0.25, -0.2) is 4.98 Å². The van der Waals surface area contributed by atoms with E-state index in [2.05, 4.69) is 4.98 Å². The minimum atomic E-state index is -0.290. The van der Waals surface area contributed by atoms with E-state index in [1.54, 1.807) is 0 Å². The highest BCUT2D eigenvalue weighted by atomic mass is 79.9. The number of nitrogens with zero attached hydrogens (tertiary/aromatic N) is 2. The van der Waals surface area contributed by atoms with Crippen molar-refractivity contribution >= 4 is 51.1 Å². The molecule has 1 heterocycles. The molecule has 0 unspecified atom stereocenters. The van der Waals surface area contributed by atoms with E-state index in [1.165, 1.54) is 17.0 Å². The Bertz CT molecular complexity index is 656. The first kappa shape index (κ1) is 15.3. The van der Waals surface area contributed by atoms with Gasteiger partial charge in [-0.05, 0) is 19.9 Å². The lowest BCUT2D eigenvalue weighted by molar-refractivity contribution is 0.479. The summed E-state index contributed by atoms with van der Waals surface area (Å²) >= 11 is 11.7. The number of halogens is 3. The smallest absolute Gasteiger partial charge is 0.263 e. The molecule has 4 nitrogen and oxygen atoms in total. The fourth-order valence-corrected chi connectivity index (χ4v) is 2.13. The Labute approximate surface area is 124 Å². The van der Waals surface area contributed by atoms with E-state index in [0.717, 1.165) is 0 Å². The molecule has 18 heavy (non-hydrogen) atoms. The summed E-state index contributed by atoms with van der Waals surface area (Å²) in [5.74, 6) is -0.223. The molecule has 0 aliphatic rings. The van der Waals surface area contributed by atoms with Crippen molar-refractivity contribution in [2.75, 3.05) is 0 Å². The van der Waals surface area contributed by atoms with Crippen LogP contribution in [0.5, 0.6) is 5.75 Å². The van der Waals surface area contributed by atoms with E-state index in [1.807, 2.05) is 13.8 Å². The van der Waals surface area contributed by atoms with Crippen molar-refractivity contribution in [1.29, 1.82) is 0 Å². The van der Waals surface area contributed by atoms with Gasteiger partial charge in [-0.15, -0.1) is 17.0 Å². The largest absolute Gasteiger partial charge is 0.504 e. The molecule has 0 radical (unpaired) electrons. The zero-order chi connectivity index (χ0) is 12.7. The number of phenols is 1. The normalized spacial score (nSPS) is 10.7. The Morgan fingerprint density at radius 3 is 2.50 bits per heavy atom. The summed E-state index contributed by atoms with van der Waals surface area (Å²) in [5, 5.41) is 10.2. The second-order valence-corrected chi connectivity index (χ2v) is 4.78. The maximum atomic E-state index is 12.1. The lowest BCUT2D eigenvalue weighted by Crippen LogP contribution is -2.22. The lowest BCUT2D eigenvalue weighted by Gasteiger charge is -2.11. The summed E-state index contributed by atoms with van der Waals surface area (Å²) in [6.07, 6.45) is 1.38. The summed E-state index contributed by atoms with van der Waals surface area (Å²) in [6, 6.07) is 1.31. The average Bonchev–Trinajstić information content (AvgIpc) is 2.25. The van der Waals surface area contributed by atoms with E-state index in [4.69, 9.17) is 23.2 Å². The third-order valence-corrected chi connectivity index (χ3v) is 3.08. The minimum Gasteiger partial charge on any atom is -0.504 e. The topological polar surface area (TPSA) is 55.1 Å². The van der Waals surface area contributed by atoms with Gasteiger partial charge in [0.25, 0.3) is 5.56 Å². The van der Waals surface area contributed by atoms with Gasteiger partial charge in [-0.1, -0.05) is 23.2 Å². The van der Waals surface area contributed by atoms with Crippen molar-refractivity contribution in [3.8, 4) is 5.75 Å². The van der Waals surface area contributed by atoms with Gasteiger partial charge in [0.05, 0.1) is 21.8 Å². The minimum absolute atomic E-state index is 0. The van der Waals surface area contributed by atoms with E-state index >= 15 is 0 Å². The number of fused-ring (bicyclic) bond motifs is 1. The first-order valence-electron chi connectivity index (χ1n) is 5.01. The maximum Gasteiger partial charge on any atom is 0.263 e. The molecule has 1 N–H and O–H groups in total. The molecule has 0 saturated heterocycles. The van der Waals surface area contributed by atoms with E-state index in [9.17, 15) is 9.90 Å². The summed E-state index contributed by atoms with van der Waals surface area (Å²) in [6.45, 7) is 3.72. The van der Waals surface area contributed by atoms with Gasteiger partial charge >= 0.3 is 0 Å². The number of hydrogen-bond acceptors (Lipinski definition) is 3. The van der Waals surface area contributed by atoms with Gasteiger partial charge in [0, 0.05) is 6.04 Å². The first-order chi connectivity index (χ1) is 7.93. The Hall–Kier alpha value is -0.780. The Morgan fingerprint density at radius 1 is 1.33 bits per heavy atom. The van der Waals surface area contributed by atoms with Crippen LogP contribution in [-0.4, -0.2) is 14.7 Å². The van der Waals surface area contributed by atoms with Crippen LogP contribution in [0.3, 0.4) is 0 Å². The van der Waals surface area contributed by atoms with Gasteiger partial charge in [0.15, 0.2) is 5.75 Å². The summed E-state index contributed by atoms with van der Waals surface area (Å²) in [4.78, 5) is 16.2. The second-order valence-electron chi connectivity index (χ2n) is 3.96. The van der Waals surface area contributed by atoms with Crippen molar-refractivity contribution in [2.45, 2.75) is 19.9 Å². The predicted molar refractivity (Wildman–Crippen MR) is 78.4 cm³/mol. The number of rotatable bonds is 1. The van der Waals surface area contributed by atoms with E-state index in [-0.39, 0.29) is 55.3 Å². The van der Waals surface area contributed by atoms with Gasteiger partial charge in [-0.2, -0.15) is 0 Å². The van der Waals surface area contributed by atoms with Gasteiger partial charge in [0.2, 0.25) is 0 Å². The standard InChI is InChI=1S/C11H10Cl2N2O2.BrH/c1-5(2)15-4-14-9-8(11(15)17)6(12)3-7(13)10(9)16;/h3-5,16H,1-2H3;1H. The van der Waals surface area contributed by atoms with Crippen molar-refractivity contribution in [3.05, 3.63) is 32.8 Å². The van der Waals surface area contributed by atoms with Crippen LogP contribution in [0.2, 0.25) is 10.0 Å². The Morgan fingerprint density at radius 2 is 1.94 bits per heavy atom. The summed E-state index contributed by atoms with van der Waals surface area (Å²) in [7, 11) is 0. The number of phenolic OH excluding ortho intramolecular Hbond substituents is 1. The van der Waals surface area contributed by atoms with Crippen molar-refractivity contribution in [3.63, 3.8) is 0 Å². The number of hydrogen-bond donors (Lipinski definition) is 1. The van der Waals surface area contributed by atoms with E-state index < -0.39 is 0 Å². The highest BCUT2D eigenvalue weighted by Gasteiger charge is 2.15. The lowest BCUT2D eigenvalue weighted by atomic mass is 10.2. The molecule has 7 heteroatoms. The van der Waals surface area contributed by atoms with Gasteiger partial charge < -0.3 is 5.11 Å². The Kier molecular flexibility index (Phi) is 4.64. The average molecular weight is 354 g/mol. The molecule has 0 spiro atoms. The van der Waals surface area contributed by atoms with Gasteiger partial charge in [0.1, 0.15) is 5.52 Å². The number of benzene rings is 1. The molecule has 2 aromatic rings. The molecule has 0 atom stereocenters.